The van der Waals surface area contributed by atoms with Gasteiger partial charge in [-0.3, -0.25) is 9.59 Å². The van der Waals surface area contributed by atoms with Gasteiger partial charge in [0.25, 0.3) is 0 Å². The minimum absolute atomic E-state index is 0.0560. The van der Waals surface area contributed by atoms with Crippen molar-refractivity contribution in [2.75, 3.05) is 18.0 Å². The fourth-order valence-corrected chi connectivity index (χ4v) is 7.05. The maximum atomic E-state index is 13.6. The zero-order chi connectivity index (χ0) is 27.5. The van der Waals surface area contributed by atoms with Gasteiger partial charge in [-0.05, 0) is 51.2 Å². The van der Waals surface area contributed by atoms with Crippen LogP contribution in [0.1, 0.15) is 84.0 Å². The van der Waals surface area contributed by atoms with Gasteiger partial charge in [0.05, 0.1) is 0 Å². The van der Waals surface area contributed by atoms with E-state index in [9.17, 15) is 9.59 Å². The summed E-state index contributed by atoms with van der Waals surface area (Å²) in [5.74, 6) is 0.868. The molecule has 0 saturated heterocycles. The lowest BCUT2D eigenvalue weighted by Gasteiger charge is -2.42. The van der Waals surface area contributed by atoms with Gasteiger partial charge in [-0.2, -0.15) is 0 Å². The van der Waals surface area contributed by atoms with Crippen LogP contribution in [0.3, 0.4) is 0 Å². The van der Waals surface area contributed by atoms with Gasteiger partial charge < -0.3 is 14.2 Å². The van der Waals surface area contributed by atoms with Crippen LogP contribution in [-0.2, 0) is 4.79 Å². The topological polar surface area (TPSA) is 66.7 Å². The molecular weight excluding hydrogens is 498 g/mol. The molecule has 3 aliphatic carbocycles. The number of nitrogens with zero attached hydrogens (tertiary/aromatic N) is 3. The van der Waals surface area contributed by atoms with Crippen molar-refractivity contribution in [2.45, 2.75) is 96.1 Å². The quantitative estimate of drug-likeness (QED) is 0.171. The van der Waals surface area contributed by atoms with Crippen LogP contribution in [0.25, 0.3) is 33.3 Å². The van der Waals surface area contributed by atoms with E-state index in [0.29, 0.717) is 46.8 Å². The zero-order valence-corrected chi connectivity index (χ0v) is 23.7. The Morgan fingerprint density at radius 3 is 2.25 bits per heavy atom. The van der Waals surface area contributed by atoms with Gasteiger partial charge in [0.15, 0.2) is 16.8 Å². The van der Waals surface area contributed by atoms with Crippen molar-refractivity contribution in [1.29, 1.82) is 0 Å². The highest BCUT2D eigenvalue weighted by Crippen LogP contribution is 2.33. The van der Waals surface area contributed by atoms with Crippen molar-refractivity contribution in [3.8, 4) is 11.5 Å². The second-order valence-electron chi connectivity index (χ2n) is 11.7. The van der Waals surface area contributed by atoms with E-state index in [0.717, 1.165) is 36.1 Å². The van der Waals surface area contributed by atoms with Gasteiger partial charge in [0, 0.05) is 60.2 Å². The number of fused-ring (bicyclic) bond motifs is 4. The van der Waals surface area contributed by atoms with Gasteiger partial charge in [0.2, 0.25) is 5.91 Å². The maximum absolute atomic E-state index is 13.6. The molecular formula is C34H41N3O3. The summed E-state index contributed by atoms with van der Waals surface area (Å²) in [7, 11) is 0. The molecule has 0 radical (unpaired) electrons. The lowest BCUT2D eigenvalue weighted by Crippen LogP contribution is -2.48. The largest absolute Gasteiger partial charge is 0.453 e. The number of hydrogen-bond donors (Lipinski definition) is 0. The molecule has 0 bridgehead atoms. The lowest BCUT2D eigenvalue weighted by atomic mass is 9.88. The number of amides is 1. The maximum Gasteiger partial charge on any atom is 0.223 e. The molecule has 2 saturated carbocycles. The van der Waals surface area contributed by atoms with Crippen LogP contribution in [0, 0.1) is 0 Å². The Morgan fingerprint density at radius 1 is 0.900 bits per heavy atom. The van der Waals surface area contributed by atoms with E-state index in [4.69, 9.17) is 9.40 Å². The minimum Gasteiger partial charge on any atom is -0.453 e. The molecule has 2 aromatic rings. The van der Waals surface area contributed by atoms with Crippen molar-refractivity contribution < 1.29 is 9.21 Å². The predicted octanol–water partition coefficient (Wildman–Crippen LogP) is 7.55. The highest BCUT2D eigenvalue weighted by molar-refractivity contribution is 5.96. The first-order valence-electron chi connectivity index (χ1n) is 15.4. The summed E-state index contributed by atoms with van der Waals surface area (Å²) in [6.07, 6.45) is 13.8. The molecule has 6 heteroatoms. The van der Waals surface area contributed by atoms with E-state index in [1.165, 1.54) is 64.2 Å². The molecule has 6 rings (SSSR count). The molecule has 4 aliphatic rings. The molecule has 0 atom stereocenters. The standard InChI is InChI=1S/C34H41N3O3/c1-2-36(21-11-18-33(39)37(24-12-5-3-6-13-24)25-14-7-4-8-15-25)26-19-20-29-31(22-26)40-32-23-30(38)27-16-9-10-17-28(27)34(32)35-29/h9-10,16-17,19-20,22-25H,2-8,11-15,18,21H2,1H3. The van der Waals surface area contributed by atoms with Crippen LogP contribution in [0.2, 0.25) is 0 Å². The van der Waals surface area contributed by atoms with Crippen molar-refractivity contribution in [2.24, 2.45) is 0 Å². The molecule has 0 spiro atoms. The Hall–Kier alpha value is -3.41. The average Bonchev–Trinajstić information content (AvgIpc) is 3.00. The summed E-state index contributed by atoms with van der Waals surface area (Å²) < 4.78 is 6.23. The summed E-state index contributed by atoms with van der Waals surface area (Å²) >= 11 is 0. The third-order valence-electron chi connectivity index (χ3n) is 9.13. The summed E-state index contributed by atoms with van der Waals surface area (Å²) in [4.78, 5) is 35.8. The third kappa shape index (κ3) is 5.45. The fourth-order valence-electron chi connectivity index (χ4n) is 7.05. The number of carbonyl (C=O) groups is 1. The Labute approximate surface area is 236 Å². The number of benzene rings is 3. The van der Waals surface area contributed by atoms with Crippen molar-refractivity contribution in [3.05, 3.63) is 58.8 Å². The number of hydrogen-bond acceptors (Lipinski definition) is 5. The summed E-state index contributed by atoms with van der Waals surface area (Å²) in [6, 6.07) is 16.1. The Morgan fingerprint density at radius 2 is 1.57 bits per heavy atom. The van der Waals surface area contributed by atoms with E-state index < -0.39 is 0 Å². The lowest BCUT2D eigenvalue weighted by molar-refractivity contribution is -0.138. The first kappa shape index (κ1) is 26.8. The van der Waals surface area contributed by atoms with Gasteiger partial charge in [-0.25, -0.2) is 4.98 Å². The average molecular weight is 540 g/mol. The van der Waals surface area contributed by atoms with Crippen molar-refractivity contribution >= 4 is 33.5 Å². The number of anilines is 1. The molecule has 1 aliphatic heterocycles. The third-order valence-corrected chi connectivity index (χ3v) is 9.13. The van der Waals surface area contributed by atoms with Crippen LogP contribution in [0.4, 0.5) is 5.69 Å². The SMILES string of the molecule is CCN(CCCC(=O)N(C1CCCCC1)C1CCCCC1)c1ccc2nc3c4ccccc4c(=O)cc-3oc2c1. The monoisotopic (exact) mass is 539 g/mol. The normalized spacial score (nSPS) is 17.0. The van der Waals surface area contributed by atoms with Crippen molar-refractivity contribution in [1.82, 2.24) is 9.88 Å². The van der Waals surface area contributed by atoms with Crippen LogP contribution in [-0.4, -0.2) is 41.0 Å². The Balaban J connectivity index is 1.18. The van der Waals surface area contributed by atoms with E-state index in [2.05, 4.69) is 22.8 Å². The van der Waals surface area contributed by atoms with Crippen molar-refractivity contribution in [3.63, 3.8) is 0 Å². The van der Waals surface area contributed by atoms with Crippen LogP contribution >= 0.6 is 0 Å². The second-order valence-corrected chi connectivity index (χ2v) is 11.7. The zero-order valence-electron chi connectivity index (χ0n) is 23.7. The molecule has 1 heterocycles. The highest BCUT2D eigenvalue weighted by Gasteiger charge is 2.32. The molecule has 0 unspecified atom stereocenters. The van der Waals surface area contributed by atoms with Gasteiger partial charge in [-0.1, -0.05) is 62.8 Å². The molecule has 0 aromatic heterocycles. The predicted molar refractivity (Wildman–Crippen MR) is 162 cm³/mol. The Bertz CT molecular complexity index is 1480. The first-order valence-corrected chi connectivity index (χ1v) is 15.4. The minimum atomic E-state index is -0.0560. The molecule has 2 aromatic carbocycles. The molecule has 210 valence electrons. The first-order chi connectivity index (χ1) is 19.6. The van der Waals surface area contributed by atoms with E-state index in [-0.39, 0.29) is 5.43 Å². The molecule has 2 fully saturated rings. The van der Waals surface area contributed by atoms with E-state index >= 15 is 0 Å². The summed E-state index contributed by atoms with van der Waals surface area (Å²) in [6.45, 7) is 3.80. The number of aromatic nitrogens is 1. The molecule has 6 nitrogen and oxygen atoms in total. The van der Waals surface area contributed by atoms with E-state index in [1.807, 2.05) is 36.4 Å². The molecule has 40 heavy (non-hydrogen) atoms. The van der Waals surface area contributed by atoms with Gasteiger partial charge >= 0.3 is 0 Å². The van der Waals surface area contributed by atoms with Gasteiger partial charge in [-0.15, -0.1) is 0 Å². The van der Waals surface area contributed by atoms with E-state index in [1.54, 1.807) is 6.07 Å². The van der Waals surface area contributed by atoms with Crippen LogP contribution in [0.15, 0.2) is 57.7 Å². The molecule has 0 N–H and O–H groups in total. The second kappa shape index (κ2) is 12.0. The number of carbonyl (C=O) groups excluding carboxylic acids is 1. The van der Waals surface area contributed by atoms with Crippen LogP contribution < -0.4 is 10.3 Å². The van der Waals surface area contributed by atoms with Crippen LogP contribution in [0.5, 0.6) is 0 Å². The fraction of sp³-hybridized carbons (Fsp3) is 0.500. The summed E-state index contributed by atoms with van der Waals surface area (Å²) in [5.41, 5.74) is 3.13. The summed E-state index contributed by atoms with van der Waals surface area (Å²) in [5, 5.41) is 1.47. The smallest absolute Gasteiger partial charge is 0.223 e. The Kier molecular flexibility index (Phi) is 8.03. The molecule has 1 amide bonds. The highest BCUT2D eigenvalue weighted by atomic mass is 16.3. The number of rotatable bonds is 8. The van der Waals surface area contributed by atoms with Gasteiger partial charge in [0.1, 0.15) is 11.2 Å².